The Hall–Kier alpha value is -3.02. The number of benzene rings is 1. The highest BCUT2D eigenvalue weighted by atomic mass is 16.5. The van der Waals surface area contributed by atoms with Gasteiger partial charge in [-0.1, -0.05) is 25.3 Å². The molecule has 0 aromatic heterocycles. The van der Waals surface area contributed by atoms with E-state index in [4.69, 9.17) is 15.2 Å². The quantitative estimate of drug-likeness (QED) is 0.357. The first-order valence-corrected chi connectivity index (χ1v) is 7.74. The number of allylic oxidation sites excluding steroid dienone is 4. The number of hydrogen-bond donors (Lipinski definition) is 3. The van der Waals surface area contributed by atoms with Gasteiger partial charge in [-0.05, 0) is 26.0 Å². The van der Waals surface area contributed by atoms with E-state index in [2.05, 4.69) is 13.2 Å². The lowest BCUT2D eigenvalue weighted by Gasteiger charge is -2.25. The van der Waals surface area contributed by atoms with Gasteiger partial charge in [-0.3, -0.25) is 4.90 Å². The summed E-state index contributed by atoms with van der Waals surface area (Å²) in [6.45, 7) is 11.0. The smallest absolute Gasteiger partial charge is 0.196 e. The van der Waals surface area contributed by atoms with Crippen LogP contribution in [0.5, 0.6) is 11.5 Å². The molecular formula is C19H26N2O4. The van der Waals surface area contributed by atoms with Gasteiger partial charge in [-0.2, -0.15) is 0 Å². The van der Waals surface area contributed by atoms with E-state index in [1.165, 1.54) is 17.1 Å². The first-order chi connectivity index (χ1) is 11.8. The van der Waals surface area contributed by atoms with Crippen molar-refractivity contribution >= 4 is 5.69 Å². The van der Waals surface area contributed by atoms with Crippen molar-refractivity contribution in [2.45, 2.75) is 13.8 Å². The van der Waals surface area contributed by atoms with Crippen LogP contribution in [-0.2, 0) is 0 Å². The van der Waals surface area contributed by atoms with Gasteiger partial charge in [0, 0.05) is 17.2 Å². The third kappa shape index (κ3) is 5.24. The van der Waals surface area contributed by atoms with Gasteiger partial charge in [0.05, 0.1) is 19.3 Å². The summed E-state index contributed by atoms with van der Waals surface area (Å²) in [5.74, 6) is 0.857. The van der Waals surface area contributed by atoms with Crippen LogP contribution in [-0.4, -0.2) is 35.4 Å². The second-order valence-electron chi connectivity index (χ2n) is 5.33. The summed E-state index contributed by atoms with van der Waals surface area (Å²) in [6, 6.07) is 5.10. The van der Waals surface area contributed by atoms with Gasteiger partial charge in [-0.25, -0.2) is 0 Å². The number of aliphatic hydroxyl groups is 2. The van der Waals surface area contributed by atoms with Crippen LogP contribution in [0.3, 0.4) is 0 Å². The molecule has 1 aromatic rings. The number of nitrogens with two attached hydrogens (primary N) is 1. The Kier molecular flexibility index (Phi) is 7.46. The van der Waals surface area contributed by atoms with E-state index >= 15 is 0 Å². The van der Waals surface area contributed by atoms with Gasteiger partial charge >= 0.3 is 0 Å². The molecule has 136 valence electrons. The maximum Gasteiger partial charge on any atom is 0.196 e. The molecule has 0 radical (unpaired) electrons. The van der Waals surface area contributed by atoms with Gasteiger partial charge in [0.15, 0.2) is 11.8 Å². The Labute approximate surface area is 148 Å². The fourth-order valence-corrected chi connectivity index (χ4v) is 1.93. The number of methoxy groups -OCH3 is 1. The molecule has 1 rings (SSSR count). The fourth-order valence-electron chi connectivity index (χ4n) is 1.93. The molecule has 0 aliphatic carbocycles. The van der Waals surface area contributed by atoms with Crippen LogP contribution in [0.1, 0.15) is 13.8 Å². The number of ether oxygens (including phenoxy) is 2. The summed E-state index contributed by atoms with van der Waals surface area (Å²) < 4.78 is 10.8. The zero-order valence-electron chi connectivity index (χ0n) is 15.0. The van der Waals surface area contributed by atoms with Gasteiger partial charge in [0.2, 0.25) is 0 Å². The van der Waals surface area contributed by atoms with Crippen molar-refractivity contribution < 1.29 is 19.7 Å². The van der Waals surface area contributed by atoms with E-state index < -0.39 is 0 Å². The Morgan fingerprint density at radius 3 is 2.20 bits per heavy atom. The Bertz CT molecular complexity index is 663. The van der Waals surface area contributed by atoms with Crippen molar-refractivity contribution in [2.24, 2.45) is 0 Å². The highest BCUT2D eigenvalue weighted by Gasteiger charge is 2.17. The zero-order valence-corrected chi connectivity index (χ0v) is 15.0. The number of hydrogen-bond acceptors (Lipinski definition) is 6. The van der Waals surface area contributed by atoms with E-state index in [9.17, 15) is 10.2 Å². The minimum Gasteiger partial charge on any atom is -0.497 e. The largest absolute Gasteiger partial charge is 0.497 e. The van der Waals surface area contributed by atoms with Crippen molar-refractivity contribution in [2.75, 3.05) is 26.0 Å². The molecule has 0 atom stereocenters. The van der Waals surface area contributed by atoms with Crippen LogP contribution in [0.4, 0.5) is 5.69 Å². The maximum absolute atomic E-state index is 10.3. The third-order valence-corrected chi connectivity index (χ3v) is 3.62. The molecule has 0 bridgehead atoms. The summed E-state index contributed by atoms with van der Waals surface area (Å²) in [6.07, 6.45) is 3.00. The molecule has 25 heavy (non-hydrogen) atoms. The second-order valence-corrected chi connectivity index (χ2v) is 5.33. The molecule has 0 unspecified atom stereocenters. The van der Waals surface area contributed by atoms with E-state index in [1.54, 1.807) is 39.2 Å². The Balaban J connectivity index is 2.97. The van der Waals surface area contributed by atoms with Crippen molar-refractivity contribution in [1.29, 1.82) is 0 Å². The molecule has 0 saturated carbocycles. The number of rotatable bonds is 9. The molecule has 0 spiro atoms. The van der Waals surface area contributed by atoms with Gasteiger partial charge in [0.1, 0.15) is 18.1 Å². The van der Waals surface area contributed by atoms with Crippen molar-refractivity contribution in [3.8, 4) is 11.5 Å². The van der Waals surface area contributed by atoms with Gasteiger partial charge in [-0.15, -0.1) is 0 Å². The summed E-state index contributed by atoms with van der Waals surface area (Å²) in [5.41, 5.74) is 7.39. The van der Waals surface area contributed by atoms with E-state index in [-0.39, 0.29) is 24.9 Å². The lowest BCUT2D eigenvalue weighted by Crippen LogP contribution is -2.29. The monoisotopic (exact) mass is 346 g/mol. The van der Waals surface area contributed by atoms with Crippen LogP contribution in [0.25, 0.3) is 0 Å². The predicted molar refractivity (Wildman–Crippen MR) is 101 cm³/mol. The Morgan fingerprint density at radius 2 is 1.72 bits per heavy atom. The van der Waals surface area contributed by atoms with Crippen molar-refractivity contribution in [3.05, 3.63) is 66.4 Å². The molecule has 0 aliphatic rings. The average Bonchev–Trinajstić information content (AvgIpc) is 2.64. The second kappa shape index (κ2) is 9.32. The van der Waals surface area contributed by atoms with Crippen LogP contribution < -0.4 is 15.2 Å². The highest BCUT2D eigenvalue weighted by molar-refractivity contribution is 5.55. The van der Waals surface area contributed by atoms with E-state index in [1.807, 2.05) is 0 Å². The fraction of sp³-hybridized carbons (Fsp3) is 0.263. The normalized spacial score (nSPS) is 12.6. The topological polar surface area (TPSA) is 88.2 Å². The molecule has 4 N–H and O–H groups in total. The molecule has 0 saturated heterocycles. The van der Waals surface area contributed by atoms with Crippen LogP contribution in [0.15, 0.2) is 66.4 Å². The summed E-state index contributed by atoms with van der Waals surface area (Å²) in [5, 5.41) is 20.7. The summed E-state index contributed by atoms with van der Waals surface area (Å²) in [7, 11) is 1.55. The van der Waals surface area contributed by atoms with Gasteiger partial charge < -0.3 is 25.4 Å². The lowest BCUT2D eigenvalue weighted by atomic mass is 10.2. The molecule has 0 aliphatic heterocycles. The third-order valence-electron chi connectivity index (χ3n) is 3.62. The number of anilines is 1. The zero-order chi connectivity index (χ0) is 19.0. The molecule has 6 nitrogen and oxygen atoms in total. The van der Waals surface area contributed by atoms with Crippen molar-refractivity contribution in [3.63, 3.8) is 0 Å². The van der Waals surface area contributed by atoms with Crippen molar-refractivity contribution in [1.82, 2.24) is 4.90 Å². The lowest BCUT2D eigenvalue weighted by molar-refractivity contribution is 0.138. The van der Waals surface area contributed by atoms with Gasteiger partial charge in [0.25, 0.3) is 0 Å². The number of nitrogens with zero attached hydrogens (tertiary/aromatic N) is 1. The molecule has 0 amide bonds. The number of nitrogen functional groups attached to an aromatic ring is 1. The highest BCUT2D eigenvalue weighted by Crippen LogP contribution is 2.27. The SMILES string of the molecule is C=C/C(C)=C(\O)N(CCOc1cc(OC)ccc1N)/C(O)=C(\C)C=C. The van der Waals surface area contributed by atoms with E-state index in [0.717, 1.165) is 0 Å². The molecule has 1 aromatic carbocycles. The van der Waals surface area contributed by atoms with Crippen LogP contribution in [0, 0.1) is 0 Å². The molecular weight excluding hydrogens is 320 g/mol. The molecule has 0 heterocycles. The first-order valence-electron chi connectivity index (χ1n) is 7.74. The number of aliphatic hydroxyl groups excluding tert-OH is 2. The molecule has 6 heteroatoms. The van der Waals surface area contributed by atoms with Crippen LogP contribution in [0.2, 0.25) is 0 Å². The van der Waals surface area contributed by atoms with E-state index in [0.29, 0.717) is 28.3 Å². The minimum atomic E-state index is -0.115. The summed E-state index contributed by atoms with van der Waals surface area (Å²) in [4.78, 5) is 1.32. The predicted octanol–water partition coefficient (Wildman–Crippen LogP) is 3.91. The molecule has 0 fully saturated rings. The average molecular weight is 346 g/mol. The van der Waals surface area contributed by atoms with Crippen LogP contribution >= 0.6 is 0 Å². The summed E-state index contributed by atoms with van der Waals surface area (Å²) >= 11 is 0. The standard InChI is InChI=1S/C19H26N2O4/c1-6-13(3)18(22)21(19(23)14(4)7-2)10-11-25-17-12-15(24-5)8-9-16(17)20/h6-9,12,22-23H,1-2,10-11,20H2,3-5H3/b18-13-,19-14-. The minimum absolute atomic E-state index is 0.115. The Morgan fingerprint density at radius 1 is 1.16 bits per heavy atom. The maximum atomic E-state index is 10.3. The first kappa shape index (κ1) is 20.0.